The Morgan fingerprint density at radius 2 is 1.81 bits per heavy atom. The van der Waals surface area contributed by atoms with Crippen LogP contribution in [0.1, 0.15) is 21.6 Å². The Labute approximate surface area is 190 Å². The van der Waals surface area contributed by atoms with Gasteiger partial charge < -0.3 is 10.1 Å². The van der Waals surface area contributed by atoms with Crippen LogP contribution in [0.3, 0.4) is 0 Å². The first-order chi connectivity index (χ1) is 15.3. The molecule has 3 rings (SSSR count). The number of hydrogen-bond acceptors (Lipinski definition) is 6. The first-order valence-corrected chi connectivity index (χ1v) is 11.2. The average molecular weight is 482 g/mol. The Morgan fingerprint density at radius 3 is 2.50 bits per heavy atom. The summed E-state index contributed by atoms with van der Waals surface area (Å²) in [6.45, 7) is 0. The van der Waals surface area contributed by atoms with E-state index in [-0.39, 0.29) is 16.8 Å². The predicted octanol–water partition coefficient (Wildman–Crippen LogP) is 5.29. The second-order valence-corrected chi connectivity index (χ2v) is 8.25. The molecule has 0 bridgehead atoms. The highest BCUT2D eigenvalue weighted by molar-refractivity contribution is 7.99. The summed E-state index contributed by atoms with van der Waals surface area (Å²) in [5.74, 6) is 0.204. The van der Waals surface area contributed by atoms with Gasteiger partial charge in [0.1, 0.15) is 5.75 Å². The molecule has 0 unspecified atom stereocenters. The van der Waals surface area contributed by atoms with E-state index in [0.29, 0.717) is 22.9 Å². The minimum absolute atomic E-state index is 0.185. The summed E-state index contributed by atoms with van der Waals surface area (Å²) < 4.78 is 44.3. The van der Waals surface area contributed by atoms with Crippen molar-refractivity contribution in [3.8, 4) is 5.75 Å². The summed E-state index contributed by atoms with van der Waals surface area (Å²) in [5, 5.41) is 7.03. The number of alkyl halides is 3. The molecule has 0 aliphatic carbocycles. The summed E-state index contributed by atoms with van der Waals surface area (Å²) in [6, 6.07) is 11.5. The molecule has 3 aromatic rings. The van der Waals surface area contributed by atoms with E-state index in [1.165, 1.54) is 23.9 Å². The van der Waals surface area contributed by atoms with Crippen molar-refractivity contribution < 1.29 is 27.5 Å². The molecule has 1 aromatic heterocycles. The number of carbonyl (C=O) groups excluding carboxylic acids is 2. The van der Waals surface area contributed by atoms with Crippen LogP contribution in [0.25, 0.3) is 0 Å². The van der Waals surface area contributed by atoms with Crippen molar-refractivity contribution >= 4 is 45.7 Å². The zero-order valence-corrected chi connectivity index (χ0v) is 18.4. The fourth-order valence-corrected chi connectivity index (χ4v) is 4.17. The van der Waals surface area contributed by atoms with Crippen molar-refractivity contribution in [2.24, 2.45) is 0 Å². The number of nitrogens with zero attached hydrogens (tertiary/aromatic N) is 1. The van der Waals surface area contributed by atoms with Gasteiger partial charge in [0.2, 0.25) is 5.91 Å². The van der Waals surface area contributed by atoms with Gasteiger partial charge in [0.25, 0.3) is 5.91 Å². The summed E-state index contributed by atoms with van der Waals surface area (Å²) >= 11 is 2.42. The SMILES string of the molecule is COc1ccc(NC(=O)CSCc2csc(NC(=O)c3ccccc3C(F)(F)F)n2)cc1. The van der Waals surface area contributed by atoms with E-state index < -0.39 is 23.2 Å². The molecule has 0 saturated carbocycles. The maximum Gasteiger partial charge on any atom is 0.417 e. The first kappa shape index (κ1) is 23.6. The molecule has 0 aliphatic rings. The van der Waals surface area contributed by atoms with Gasteiger partial charge in [0, 0.05) is 16.8 Å². The van der Waals surface area contributed by atoms with E-state index in [1.54, 1.807) is 36.8 Å². The van der Waals surface area contributed by atoms with Crippen molar-refractivity contribution in [3.05, 3.63) is 70.7 Å². The number of rotatable bonds is 8. The number of nitrogens with one attached hydrogen (secondary N) is 2. The van der Waals surface area contributed by atoms with Crippen molar-refractivity contribution in [2.45, 2.75) is 11.9 Å². The number of hydrogen-bond donors (Lipinski definition) is 2. The lowest BCUT2D eigenvalue weighted by Crippen LogP contribution is -2.18. The highest BCUT2D eigenvalue weighted by Crippen LogP contribution is 2.32. The molecule has 168 valence electrons. The van der Waals surface area contributed by atoms with Gasteiger partial charge in [-0.1, -0.05) is 12.1 Å². The quantitative estimate of drug-likeness (QED) is 0.457. The van der Waals surface area contributed by atoms with Gasteiger partial charge in [-0.05, 0) is 36.4 Å². The molecule has 0 radical (unpaired) electrons. The number of halogens is 3. The normalized spacial score (nSPS) is 11.1. The maximum atomic E-state index is 13.1. The lowest BCUT2D eigenvalue weighted by Gasteiger charge is -2.11. The molecule has 2 aromatic carbocycles. The highest BCUT2D eigenvalue weighted by atomic mass is 32.2. The zero-order valence-electron chi connectivity index (χ0n) is 16.7. The third kappa shape index (κ3) is 6.47. The minimum Gasteiger partial charge on any atom is -0.497 e. The van der Waals surface area contributed by atoms with Crippen LogP contribution >= 0.6 is 23.1 Å². The van der Waals surface area contributed by atoms with Crippen molar-refractivity contribution in [2.75, 3.05) is 23.5 Å². The van der Waals surface area contributed by atoms with Crippen LogP contribution in [0.2, 0.25) is 0 Å². The summed E-state index contributed by atoms with van der Waals surface area (Å²) in [4.78, 5) is 28.6. The van der Waals surface area contributed by atoms with Crippen LogP contribution in [0, 0.1) is 0 Å². The molecule has 0 spiro atoms. The lowest BCUT2D eigenvalue weighted by molar-refractivity contribution is -0.137. The number of benzene rings is 2. The molecule has 0 fully saturated rings. The van der Waals surface area contributed by atoms with Gasteiger partial charge in [-0.25, -0.2) is 4.98 Å². The standard InChI is InChI=1S/C21H18F3N3O3S2/c1-30-15-8-6-13(7-9-15)25-18(28)12-31-10-14-11-32-20(26-14)27-19(29)16-4-2-3-5-17(16)21(22,23)24/h2-9,11H,10,12H2,1H3,(H,25,28)(H,26,27,29). The molecular formula is C21H18F3N3O3S2. The van der Waals surface area contributed by atoms with E-state index in [4.69, 9.17) is 4.74 Å². The van der Waals surface area contributed by atoms with Crippen molar-refractivity contribution in [1.29, 1.82) is 0 Å². The van der Waals surface area contributed by atoms with E-state index in [2.05, 4.69) is 15.6 Å². The average Bonchev–Trinajstić information content (AvgIpc) is 3.20. The highest BCUT2D eigenvalue weighted by Gasteiger charge is 2.34. The van der Waals surface area contributed by atoms with Crippen molar-refractivity contribution in [3.63, 3.8) is 0 Å². The number of amides is 2. The van der Waals surface area contributed by atoms with Gasteiger partial charge in [-0.15, -0.1) is 23.1 Å². The topological polar surface area (TPSA) is 80.3 Å². The Kier molecular flexibility index (Phi) is 7.75. The van der Waals surface area contributed by atoms with Gasteiger partial charge in [-0.3, -0.25) is 14.9 Å². The summed E-state index contributed by atoms with van der Waals surface area (Å²) in [6.07, 6.45) is -4.63. The Balaban J connectivity index is 1.50. The van der Waals surface area contributed by atoms with E-state index >= 15 is 0 Å². The van der Waals surface area contributed by atoms with E-state index in [9.17, 15) is 22.8 Å². The largest absolute Gasteiger partial charge is 0.497 e. The number of methoxy groups -OCH3 is 1. The number of anilines is 2. The monoisotopic (exact) mass is 481 g/mol. The zero-order chi connectivity index (χ0) is 23.1. The molecular weight excluding hydrogens is 463 g/mol. The van der Waals surface area contributed by atoms with Crippen LogP contribution in [-0.4, -0.2) is 29.7 Å². The van der Waals surface area contributed by atoms with E-state index in [0.717, 1.165) is 23.5 Å². The van der Waals surface area contributed by atoms with Crippen LogP contribution in [0.15, 0.2) is 53.9 Å². The number of carbonyl (C=O) groups is 2. The molecule has 6 nitrogen and oxygen atoms in total. The number of aromatic nitrogens is 1. The predicted molar refractivity (Wildman–Crippen MR) is 119 cm³/mol. The molecule has 1 heterocycles. The first-order valence-electron chi connectivity index (χ1n) is 9.20. The fraction of sp³-hybridized carbons (Fsp3) is 0.190. The van der Waals surface area contributed by atoms with Gasteiger partial charge in [0.05, 0.1) is 29.7 Å². The van der Waals surface area contributed by atoms with Crippen LogP contribution in [-0.2, 0) is 16.7 Å². The third-order valence-corrected chi connectivity index (χ3v) is 5.88. The Hall–Kier alpha value is -3.05. The van der Waals surface area contributed by atoms with Crippen molar-refractivity contribution in [1.82, 2.24) is 4.98 Å². The third-order valence-electron chi connectivity index (χ3n) is 4.11. The number of thiazole rings is 1. The van der Waals surface area contributed by atoms with Gasteiger partial charge in [0.15, 0.2) is 5.13 Å². The molecule has 32 heavy (non-hydrogen) atoms. The fourth-order valence-electron chi connectivity index (χ4n) is 2.64. The van der Waals surface area contributed by atoms with Gasteiger partial charge in [-0.2, -0.15) is 13.2 Å². The lowest BCUT2D eigenvalue weighted by atomic mass is 10.1. The van der Waals surface area contributed by atoms with Crippen LogP contribution in [0.4, 0.5) is 24.0 Å². The molecule has 0 atom stereocenters. The van der Waals surface area contributed by atoms with Gasteiger partial charge >= 0.3 is 6.18 Å². The Morgan fingerprint density at radius 1 is 1.09 bits per heavy atom. The smallest absolute Gasteiger partial charge is 0.417 e. The second kappa shape index (κ2) is 10.5. The molecule has 11 heteroatoms. The van der Waals surface area contributed by atoms with E-state index in [1.807, 2.05) is 0 Å². The summed E-state index contributed by atoms with van der Waals surface area (Å²) in [7, 11) is 1.56. The number of ether oxygens (including phenoxy) is 1. The molecule has 2 N–H and O–H groups in total. The minimum atomic E-state index is -4.63. The second-order valence-electron chi connectivity index (χ2n) is 6.41. The van der Waals surface area contributed by atoms with Crippen LogP contribution in [0.5, 0.6) is 5.75 Å². The summed E-state index contributed by atoms with van der Waals surface area (Å²) in [5.41, 5.74) is -0.222. The Bertz CT molecular complexity index is 1090. The van der Waals surface area contributed by atoms with Crippen LogP contribution < -0.4 is 15.4 Å². The molecule has 0 aliphatic heterocycles. The number of thioether (sulfide) groups is 1. The molecule has 2 amide bonds. The maximum absolute atomic E-state index is 13.1. The molecule has 0 saturated heterocycles.